The predicted octanol–water partition coefficient (Wildman–Crippen LogP) is 2.62. The smallest absolute Gasteiger partial charge is 0.322 e. The molecule has 1 heterocycles. The molecule has 1 N–H and O–H groups in total. The molecular formula is C11H17ClN4OS. The van der Waals surface area contributed by atoms with Gasteiger partial charge in [-0.2, -0.15) is 26.7 Å². The molecule has 0 aromatic carbocycles. The highest BCUT2D eigenvalue weighted by atomic mass is 35.5. The first-order chi connectivity index (χ1) is 8.72. The molecule has 2 rings (SSSR count). The number of hydrogen-bond acceptors (Lipinski definition) is 6. The topological polar surface area (TPSA) is 59.9 Å². The van der Waals surface area contributed by atoms with Gasteiger partial charge < -0.3 is 10.1 Å². The molecule has 0 bridgehead atoms. The van der Waals surface area contributed by atoms with Gasteiger partial charge in [0.05, 0.1) is 7.11 Å². The molecule has 100 valence electrons. The van der Waals surface area contributed by atoms with Crippen LogP contribution in [0.2, 0.25) is 5.28 Å². The van der Waals surface area contributed by atoms with E-state index in [2.05, 4.69) is 27.2 Å². The molecule has 0 amide bonds. The van der Waals surface area contributed by atoms with Crippen LogP contribution in [0.5, 0.6) is 6.01 Å². The average Bonchev–Trinajstić information content (AvgIpc) is 2.76. The molecule has 1 aliphatic rings. The van der Waals surface area contributed by atoms with E-state index in [9.17, 15) is 0 Å². The minimum Gasteiger partial charge on any atom is -0.467 e. The van der Waals surface area contributed by atoms with Crippen LogP contribution in [0, 0.1) is 0 Å². The maximum atomic E-state index is 5.82. The van der Waals surface area contributed by atoms with E-state index in [4.69, 9.17) is 16.3 Å². The molecule has 7 heteroatoms. The Morgan fingerprint density at radius 3 is 2.94 bits per heavy atom. The Labute approximate surface area is 116 Å². The van der Waals surface area contributed by atoms with Crippen LogP contribution in [0.1, 0.15) is 26.2 Å². The molecule has 0 radical (unpaired) electrons. The molecule has 0 spiro atoms. The summed E-state index contributed by atoms with van der Waals surface area (Å²) in [6, 6.07) is 0.647. The van der Waals surface area contributed by atoms with Gasteiger partial charge in [0.15, 0.2) is 0 Å². The van der Waals surface area contributed by atoms with Gasteiger partial charge in [0.1, 0.15) is 0 Å². The van der Waals surface area contributed by atoms with E-state index < -0.39 is 0 Å². The number of anilines is 1. The summed E-state index contributed by atoms with van der Waals surface area (Å²) in [4.78, 5) is 12.1. The Morgan fingerprint density at radius 2 is 2.22 bits per heavy atom. The first kappa shape index (κ1) is 13.7. The number of methoxy groups -OCH3 is 1. The fraction of sp³-hybridized carbons (Fsp3) is 0.727. The van der Waals surface area contributed by atoms with Crippen molar-refractivity contribution in [2.24, 2.45) is 0 Å². The van der Waals surface area contributed by atoms with E-state index in [0.717, 1.165) is 12.2 Å². The Kier molecular flexibility index (Phi) is 4.88. The summed E-state index contributed by atoms with van der Waals surface area (Å²) in [6.07, 6.45) is 3.63. The monoisotopic (exact) mass is 288 g/mol. The van der Waals surface area contributed by atoms with Crippen molar-refractivity contribution < 1.29 is 4.74 Å². The Morgan fingerprint density at radius 1 is 1.39 bits per heavy atom. The van der Waals surface area contributed by atoms with Crippen LogP contribution in [-0.4, -0.2) is 39.1 Å². The minimum absolute atomic E-state index is 0.155. The highest BCUT2D eigenvalue weighted by Gasteiger charge is 2.27. The molecule has 0 aliphatic heterocycles. The second-order valence-electron chi connectivity index (χ2n) is 4.09. The summed E-state index contributed by atoms with van der Waals surface area (Å²) in [5, 5.41) is 4.12. The summed E-state index contributed by atoms with van der Waals surface area (Å²) in [5.74, 6) is 1.63. The number of rotatable bonds is 5. The third kappa shape index (κ3) is 3.38. The van der Waals surface area contributed by atoms with Crippen LogP contribution in [0.3, 0.4) is 0 Å². The van der Waals surface area contributed by atoms with Crippen molar-refractivity contribution in [2.45, 2.75) is 37.5 Å². The third-order valence-corrected chi connectivity index (χ3v) is 4.41. The molecule has 2 atom stereocenters. The zero-order chi connectivity index (χ0) is 13.0. The second-order valence-corrected chi connectivity index (χ2v) is 5.94. The standard InChI is InChI=1S/C11H17ClN4OS/c1-3-18-8-6-4-5-7(8)13-10-14-9(12)15-11(16-10)17-2/h7-8H,3-6H2,1-2H3,(H,13,14,15,16). The van der Waals surface area contributed by atoms with Crippen molar-refractivity contribution in [1.29, 1.82) is 0 Å². The number of aromatic nitrogens is 3. The van der Waals surface area contributed by atoms with E-state index in [1.807, 2.05) is 11.8 Å². The van der Waals surface area contributed by atoms with Crippen molar-refractivity contribution >= 4 is 29.3 Å². The lowest BCUT2D eigenvalue weighted by molar-refractivity contribution is 0.378. The first-order valence-electron chi connectivity index (χ1n) is 6.06. The number of ether oxygens (including phenoxy) is 1. The van der Waals surface area contributed by atoms with Crippen molar-refractivity contribution in [1.82, 2.24) is 15.0 Å². The van der Waals surface area contributed by atoms with Crippen molar-refractivity contribution in [3.05, 3.63) is 5.28 Å². The molecule has 1 saturated carbocycles. The van der Waals surface area contributed by atoms with E-state index in [1.54, 1.807) is 0 Å². The number of hydrogen-bond donors (Lipinski definition) is 1. The lowest BCUT2D eigenvalue weighted by Gasteiger charge is -2.20. The fourth-order valence-electron chi connectivity index (χ4n) is 2.16. The van der Waals surface area contributed by atoms with Gasteiger partial charge in [-0.25, -0.2) is 0 Å². The van der Waals surface area contributed by atoms with Gasteiger partial charge in [0.25, 0.3) is 0 Å². The molecule has 18 heavy (non-hydrogen) atoms. The third-order valence-electron chi connectivity index (χ3n) is 2.92. The van der Waals surface area contributed by atoms with Gasteiger partial charge >= 0.3 is 6.01 Å². The molecule has 1 aromatic heterocycles. The summed E-state index contributed by atoms with van der Waals surface area (Å²) >= 11 is 7.81. The molecule has 5 nitrogen and oxygen atoms in total. The number of nitrogens with zero attached hydrogens (tertiary/aromatic N) is 3. The van der Waals surface area contributed by atoms with E-state index in [0.29, 0.717) is 17.2 Å². The number of nitrogens with one attached hydrogen (secondary N) is 1. The largest absolute Gasteiger partial charge is 0.467 e. The van der Waals surface area contributed by atoms with Crippen molar-refractivity contribution in [3.8, 4) is 6.01 Å². The summed E-state index contributed by atoms with van der Waals surface area (Å²) in [6.45, 7) is 2.18. The number of halogens is 1. The maximum absolute atomic E-state index is 5.82. The molecule has 1 aromatic rings. The van der Waals surface area contributed by atoms with Gasteiger partial charge in [-0.1, -0.05) is 13.3 Å². The van der Waals surface area contributed by atoms with Gasteiger partial charge in [0, 0.05) is 11.3 Å². The van der Waals surface area contributed by atoms with Crippen LogP contribution in [0.4, 0.5) is 5.95 Å². The summed E-state index contributed by atoms with van der Waals surface area (Å²) in [5.41, 5.74) is 0. The Hall–Kier alpha value is -0.750. The van der Waals surface area contributed by atoms with Crippen LogP contribution in [0.25, 0.3) is 0 Å². The van der Waals surface area contributed by atoms with Gasteiger partial charge in [-0.3, -0.25) is 0 Å². The van der Waals surface area contributed by atoms with E-state index in [1.165, 1.54) is 20.0 Å². The fourth-order valence-corrected chi connectivity index (χ4v) is 3.51. The zero-order valence-corrected chi connectivity index (χ0v) is 12.1. The summed E-state index contributed by atoms with van der Waals surface area (Å²) < 4.78 is 4.98. The lowest BCUT2D eigenvalue weighted by atomic mass is 10.2. The Bertz CT molecular complexity index is 407. The highest BCUT2D eigenvalue weighted by Crippen LogP contribution is 2.31. The summed E-state index contributed by atoms with van der Waals surface area (Å²) in [7, 11) is 1.51. The van der Waals surface area contributed by atoms with E-state index in [-0.39, 0.29) is 11.3 Å². The van der Waals surface area contributed by atoms with Crippen molar-refractivity contribution in [2.75, 3.05) is 18.2 Å². The van der Waals surface area contributed by atoms with Crippen LogP contribution in [-0.2, 0) is 0 Å². The average molecular weight is 289 g/mol. The van der Waals surface area contributed by atoms with Gasteiger partial charge in [-0.05, 0) is 30.2 Å². The molecule has 1 aliphatic carbocycles. The SMILES string of the molecule is CCSC1CCCC1Nc1nc(Cl)nc(OC)n1. The molecule has 2 unspecified atom stereocenters. The maximum Gasteiger partial charge on any atom is 0.322 e. The minimum atomic E-state index is 0.155. The molecule has 1 fully saturated rings. The van der Waals surface area contributed by atoms with Gasteiger partial charge in [0.2, 0.25) is 11.2 Å². The predicted molar refractivity (Wildman–Crippen MR) is 74.6 cm³/mol. The zero-order valence-electron chi connectivity index (χ0n) is 10.5. The second kappa shape index (κ2) is 6.43. The quantitative estimate of drug-likeness (QED) is 0.899. The van der Waals surface area contributed by atoms with Crippen molar-refractivity contribution in [3.63, 3.8) is 0 Å². The van der Waals surface area contributed by atoms with Crippen LogP contribution < -0.4 is 10.1 Å². The Balaban J connectivity index is 2.06. The lowest BCUT2D eigenvalue weighted by Crippen LogP contribution is -2.27. The molecular weight excluding hydrogens is 272 g/mol. The molecule has 0 saturated heterocycles. The van der Waals surface area contributed by atoms with Crippen LogP contribution >= 0.6 is 23.4 Å². The first-order valence-corrected chi connectivity index (χ1v) is 7.49. The number of thioether (sulfide) groups is 1. The van der Waals surface area contributed by atoms with E-state index >= 15 is 0 Å². The van der Waals surface area contributed by atoms with Gasteiger partial charge in [-0.15, -0.1) is 0 Å². The normalized spacial score (nSPS) is 23.1. The van der Waals surface area contributed by atoms with Crippen LogP contribution in [0.15, 0.2) is 0 Å². The highest BCUT2D eigenvalue weighted by molar-refractivity contribution is 7.99.